The van der Waals surface area contributed by atoms with E-state index in [9.17, 15) is 13.9 Å². The quantitative estimate of drug-likeness (QED) is 0.221. The van der Waals surface area contributed by atoms with Crippen molar-refractivity contribution in [3.8, 4) is 11.5 Å². The second kappa shape index (κ2) is 12.4. The molecule has 38 heavy (non-hydrogen) atoms. The molecular formula is C29H43NO6S2. The van der Waals surface area contributed by atoms with Gasteiger partial charge in [-0.3, -0.25) is 9.11 Å². The van der Waals surface area contributed by atoms with Crippen LogP contribution in [0.25, 0.3) is 0 Å². The molecule has 2 aromatic carbocycles. The van der Waals surface area contributed by atoms with Gasteiger partial charge >= 0.3 is 5.97 Å². The molecule has 3 rings (SSSR count). The van der Waals surface area contributed by atoms with Gasteiger partial charge in [0, 0.05) is 29.5 Å². The Morgan fingerprint density at radius 1 is 1.16 bits per heavy atom. The van der Waals surface area contributed by atoms with Crippen molar-refractivity contribution in [3.63, 3.8) is 0 Å². The van der Waals surface area contributed by atoms with Crippen molar-refractivity contribution in [3.05, 3.63) is 36.4 Å². The molecule has 0 aromatic heterocycles. The number of carbonyl (C=O) groups excluding carboxylic acids is 1. The maximum Gasteiger partial charge on any atom is 0.344 e. The summed E-state index contributed by atoms with van der Waals surface area (Å²) in [6.45, 7) is 10.1. The lowest BCUT2D eigenvalue weighted by Gasteiger charge is -2.41. The summed E-state index contributed by atoms with van der Waals surface area (Å²) in [5, 5.41) is 0. The summed E-state index contributed by atoms with van der Waals surface area (Å²) >= 11 is 1.49. The third kappa shape index (κ3) is 7.31. The van der Waals surface area contributed by atoms with Crippen LogP contribution >= 0.6 is 22.4 Å². The van der Waals surface area contributed by atoms with E-state index in [1.54, 1.807) is 13.2 Å². The van der Waals surface area contributed by atoms with Crippen LogP contribution in [0.5, 0.6) is 11.5 Å². The molecule has 2 N–H and O–H groups in total. The first-order chi connectivity index (χ1) is 17.9. The van der Waals surface area contributed by atoms with E-state index in [1.165, 1.54) is 11.8 Å². The molecule has 1 aliphatic heterocycles. The number of nitrogens with zero attached hydrogens (tertiary/aromatic N) is 1. The van der Waals surface area contributed by atoms with E-state index in [0.717, 1.165) is 47.7 Å². The van der Waals surface area contributed by atoms with Gasteiger partial charge < -0.3 is 19.1 Å². The lowest BCUT2D eigenvalue weighted by Crippen LogP contribution is -2.37. The third-order valence-electron chi connectivity index (χ3n) is 6.85. The van der Waals surface area contributed by atoms with Gasteiger partial charge in [0.25, 0.3) is 0 Å². The fourth-order valence-corrected chi connectivity index (χ4v) is 7.64. The van der Waals surface area contributed by atoms with Crippen molar-refractivity contribution < 1.29 is 28.1 Å². The Bertz CT molecular complexity index is 1100. The van der Waals surface area contributed by atoms with E-state index in [0.29, 0.717) is 17.2 Å². The summed E-state index contributed by atoms with van der Waals surface area (Å²) in [5.74, 6) is 1.00. The van der Waals surface area contributed by atoms with Gasteiger partial charge in [-0.1, -0.05) is 26.7 Å². The van der Waals surface area contributed by atoms with Gasteiger partial charge in [-0.2, -0.15) is 10.6 Å². The van der Waals surface area contributed by atoms with Gasteiger partial charge in [0.1, 0.15) is 17.1 Å². The van der Waals surface area contributed by atoms with E-state index in [1.807, 2.05) is 57.4 Å². The molecule has 0 fully saturated rings. The van der Waals surface area contributed by atoms with Crippen molar-refractivity contribution in [1.29, 1.82) is 0 Å². The minimum absolute atomic E-state index is 0.263. The standard InChI is InChI=1S/C29H43NO6S2/c1-8-10-15-29(9-2)19-30(21-11-13-22(34-6)14-12-21)23-16-25(37-7)24(17-26(23)38(32,33)20-29)35-18-27(31)36-28(3,4)5/h11-14,16-17,32-33H,8-10,15,18-20H2,1-7H3. The van der Waals surface area contributed by atoms with Crippen molar-refractivity contribution in [2.45, 2.75) is 75.7 Å². The maximum atomic E-state index is 12.4. The molecule has 1 atom stereocenters. The SMILES string of the molecule is CCCCC1(CC)CN(c2ccc(OC)cc2)c2cc(SC)c(OCC(=O)OC(C)(C)C)cc2S(O)(O)C1. The number of rotatable bonds is 10. The number of fused-ring (bicyclic) bond motifs is 1. The van der Waals surface area contributed by atoms with Crippen LogP contribution in [-0.4, -0.2) is 52.9 Å². The summed E-state index contributed by atoms with van der Waals surface area (Å²) < 4.78 is 40.0. The molecule has 0 spiro atoms. The van der Waals surface area contributed by atoms with E-state index in [2.05, 4.69) is 18.7 Å². The number of ether oxygens (including phenoxy) is 3. The molecule has 1 unspecified atom stereocenters. The predicted octanol–water partition coefficient (Wildman–Crippen LogP) is 7.99. The molecule has 0 aliphatic carbocycles. The molecule has 7 nitrogen and oxygen atoms in total. The summed E-state index contributed by atoms with van der Waals surface area (Å²) in [7, 11) is -1.53. The van der Waals surface area contributed by atoms with Crippen molar-refractivity contribution in [2.75, 3.05) is 37.2 Å². The van der Waals surface area contributed by atoms with E-state index in [4.69, 9.17) is 14.2 Å². The second-order valence-electron chi connectivity index (χ2n) is 10.9. The fraction of sp³-hybridized carbons (Fsp3) is 0.552. The predicted molar refractivity (Wildman–Crippen MR) is 158 cm³/mol. The molecular weight excluding hydrogens is 522 g/mol. The molecule has 0 saturated heterocycles. The molecule has 0 radical (unpaired) electrons. The Kier molecular flexibility index (Phi) is 9.95. The Balaban J connectivity index is 2.12. The van der Waals surface area contributed by atoms with Crippen LogP contribution in [0.2, 0.25) is 0 Å². The van der Waals surface area contributed by atoms with E-state index < -0.39 is 22.2 Å². The summed E-state index contributed by atoms with van der Waals surface area (Å²) in [4.78, 5) is 15.8. The minimum Gasteiger partial charge on any atom is -0.497 e. The topological polar surface area (TPSA) is 88.5 Å². The second-order valence-corrected chi connectivity index (χ2v) is 13.8. The fourth-order valence-electron chi connectivity index (χ4n) is 4.84. The van der Waals surface area contributed by atoms with Crippen LogP contribution in [0.4, 0.5) is 11.4 Å². The van der Waals surface area contributed by atoms with Gasteiger partial charge in [0.2, 0.25) is 0 Å². The number of hydrogen-bond donors (Lipinski definition) is 2. The number of anilines is 2. The summed E-state index contributed by atoms with van der Waals surface area (Å²) in [5.41, 5.74) is 0.793. The number of benzene rings is 2. The normalized spacial score (nSPS) is 19.8. The van der Waals surface area contributed by atoms with Crippen LogP contribution in [0.1, 0.15) is 60.3 Å². The molecule has 0 amide bonds. The number of carbonyl (C=O) groups is 1. The molecule has 1 heterocycles. The Morgan fingerprint density at radius 2 is 1.84 bits per heavy atom. The average Bonchev–Trinajstić information content (AvgIpc) is 2.96. The number of unbranched alkanes of at least 4 members (excludes halogenated alkanes) is 1. The number of methoxy groups -OCH3 is 1. The lowest BCUT2D eigenvalue weighted by molar-refractivity contribution is -0.157. The molecule has 2 aromatic rings. The van der Waals surface area contributed by atoms with Crippen molar-refractivity contribution in [1.82, 2.24) is 0 Å². The highest BCUT2D eigenvalue weighted by Gasteiger charge is 2.42. The number of esters is 1. The van der Waals surface area contributed by atoms with Crippen LogP contribution in [0.3, 0.4) is 0 Å². The van der Waals surface area contributed by atoms with Crippen LogP contribution in [0, 0.1) is 5.41 Å². The highest BCUT2D eigenvalue weighted by atomic mass is 32.3. The highest BCUT2D eigenvalue weighted by molar-refractivity contribution is 8.24. The van der Waals surface area contributed by atoms with Crippen molar-refractivity contribution >= 4 is 39.7 Å². The maximum absolute atomic E-state index is 12.4. The zero-order valence-electron chi connectivity index (χ0n) is 23.7. The molecule has 0 bridgehead atoms. The van der Waals surface area contributed by atoms with E-state index in [-0.39, 0.29) is 17.8 Å². The Hall–Kier alpha value is -2.07. The first kappa shape index (κ1) is 30.5. The molecule has 0 saturated carbocycles. The molecule has 9 heteroatoms. The van der Waals surface area contributed by atoms with Gasteiger partial charge in [-0.25, -0.2) is 4.79 Å². The Labute approximate surface area is 233 Å². The van der Waals surface area contributed by atoms with Gasteiger partial charge in [-0.15, -0.1) is 11.8 Å². The van der Waals surface area contributed by atoms with Gasteiger partial charge in [0.15, 0.2) is 6.61 Å². The number of thioether (sulfide) groups is 1. The first-order valence-corrected chi connectivity index (χ1v) is 16.0. The van der Waals surface area contributed by atoms with Gasteiger partial charge in [-0.05, 0) is 70.2 Å². The van der Waals surface area contributed by atoms with Gasteiger partial charge in [0.05, 0.1) is 22.6 Å². The largest absolute Gasteiger partial charge is 0.497 e. The summed E-state index contributed by atoms with van der Waals surface area (Å²) in [6, 6.07) is 11.5. The monoisotopic (exact) mass is 565 g/mol. The minimum atomic E-state index is -3.17. The smallest absolute Gasteiger partial charge is 0.344 e. The third-order valence-corrected chi connectivity index (χ3v) is 9.65. The molecule has 1 aliphatic rings. The van der Waals surface area contributed by atoms with Crippen LogP contribution < -0.4 is 14.4 Å². The number of hydrogen-bond acceptors (Lipinski definition) is 8. The zero-order valence-corrected chi connectivity index (χ0v) is 25.3. The van der Waals surface area contributed by atoms with Crippen LogP contribution in [-0.2, 0) is 9.53 Å². The van der Waals surface area contributed by atoms with E-state index >= 15 is 0 Å². The highest BCUT2D eigenvalue weighted by Crippen LogP contribution is 2.62. The summed E-state index contributed by atoms with van der Waals surface area (Å²) in [6.07, 6.45) is 5.70. The lowest BCUT2D eigenvalue weighted by atomic mass is 9.81. The molecule has 212 valence electrons. The first-order valence-electron chi connectivity index (χ1n) is 13.1. The zero-order chi connectivity index (χ0) is 28.1. The van der Waals surface area contributed by atoms with Crippen molar-refractivity contribution in [2.24, 2.45) is 5.41 Å². The van der Waals surface area contributed by atoms with Crippen LogP contribution in [0.15, 0.2) is 46.2 Å². The average molecular weight is 566 g/mol. The Morgan fingerprint density at radius 3 is 2.39 bits per heavy atom.